The molecule has 0 aliphatic heterocycles. The van der Waals surface area contributed by atoms with Gasteiger partial charge in [-0.25, -0.2) is 17.2 Å². The lowest BCUT2D eigenvalue weighted by atomic mass is 10.4. The van der Waals surface area contributed by atoms with Crippen molar-refractivity contribution in [2.75, 3.05) is 19.7 Å². The van der Waals surface area contributed by atoms with Gasteiger partial charge < -0.3 is 5.11 Å². The number of aliphatic hydroxyl groups is 1. The maximum absolute atomic E-state index is 12.5. The molecule has 0 saturated carbocycles. The zero-order valence-electron chi connectivity index (χ0n) is 9.86. The SMILES string of the molecule is O=S(=O)(c1c(Cl)cc(Br)cc1Cl)N(CCO)CC(F)F. The number of halogens is 5. The van der Waals surface area contributed by atoms with Gasteiger partial charge in [-0.2, -0.15) is 4.31 Å². The fourth-order valence-electron chi connectivity index (χ4n) is 1.48. The van der Waals surface area contributed by atoms with E-state index in [0.29, 0.717) is 8.78 Å². The molecule has 0 bridgehead atoms. The number of hydrogen-bond donors (Lipinski definition) is 1. The van der Waals surface area contributed by atoms with E-state index in [-0.39, 0.29) is 10.0 Å². The third-order valence-electron chi connectivity index (χ3n) is 2.25. The van der Waals surface area contributed by atoms with Gasteiger partial charge in [0, 0.05) is 11.0 Å². The first-order valence-corrected chi connectivity index (χ1v) is 8.22. The molecule has 0 fully saturated rings. The van der Waals surface area contributed by atoms with E-state index in [0.717, 1.165) is 0 Å². The van der Waals surface area contributed by atoms with Crippen molar-refractivity contribution in [2.24, 2.45) is 0 Å². The molecule has 0 atom stereocenters. The molecule has 0 aliphatic rings. The van der Waals surface area contributed by atoms with Gasteiger partial charge in [0.2, 0.25) is 10.0 Å². The van der Waals surface area contributed by atoms with Gasteiger partial charge >= 0.3 is 0 Å². The van der Waals surface area contributed by atoms with Crippen LogP contribution in [0.25, 0.3) is 0 Å². The van der Waals surface area contributed by atoms with Gasteiger partial charge in [0.15, 0.2) is 0 Å². The van der Waals surface area contributed by atoms with E-state index in [1.54, 1.807) is 0 Å². The maximum atomic E-state index is 12.5. The summed E-state index contributed by atoms with van der Waals surface area (Å²) in [4.78, 5) is -0.460. The van der Waals surface area contributed by atoms with E-state index in [2.05, 4.69) is 15.9 Å². The van der Waals surface area contributed by atoms with Gasteiger partial charge in [-0.15, -0.1) is 0 Å². The van der Waals surface area contributed by atoms with E-state index >= 15 is 0 Å². The Balaban J connectivity index is 3.33. The molecule has 0 heterocycles. The zero-order chi connectivity index (χ0) is 15.5. The molecule has 0 aromatic heterocycles. The molecule has 0 amide bonds. The molecular weight excluding hydrogens is 403 g/mol. The maximum Gasteiger partial charge on any atom is 0.252 e. The molecule has 20 heavy (non-hydrogen) atoms. The van der Waals surface area contributed by atoms with Crippen LogP contribution in [-0.4, -0.2) is 44.0 Å². The van der Waals surface area contributed by atoms with Crippen molar-refractivity contribution >= 4 is 49.2 Å². The predicted octanol–water partition coefficient (Wildman–Crippen LogP) is 3.00. The summed E-state index contributed by atoms with van der Waals surface area (Å²) < 4.78 is 50.4. The minimum Gasteiger partial charge on any atom is -0.395 e. The molecule has 0 aliphatic carbocycles. The lowest BCUT2D eigenvalue weighted by Gasteiger charge is -2.22. The van der Waals surface area contributed by atoms with Gasteiger partial charge in [0.25, 0.3) is 6.43 Å². The minimum atomic E-state index is -4.33. The van der Waals surface area contributed by atoms with Crippen LogP contribution in [0.3, 0.4) is 0 Å². The van der Waals surface area contributed by atoms with E-state index in [1.807, 2.05) is 0 Å². The number of sulfonamides is 1. The molecular formula is C10H10BrCl2F2NO3S. The summed E-state index contributed by atoms with van der Waals surface area (Å²) in [6.45, 7) is -2.13. The highest BCUT2D eigenvalue weighted by Crippen LogP contribution is 2.34. The molecule has 1 N–H and O–H groups in total. The summed E-state index contributed by atoms with van der Waals surface area (Å²) in [5.41, 5.74) is 0. The lowest BCUT2D eigenvalue weighted by molar-refractivity contribution is 0.113. The molecule has 114 valence electrons. The number of nitrogens with zero attached hydrogens (tertiary/aromatic N) is 1. The second-order valence-corrected chi connectivity index (χ2v) is 7.28. The molecule has 0 radical (unpaired) electrons. The first-order valence-electron chi connectivity index (χ1n) is 5.24. The number of alkyl halides is 2. The first-order chi connectivity index (χ1) is 9.20. The molecule has 0 saturated heterocycles. The van der Waals surface area contributed by atoms with Crippen molar-refractivity contribution in [1.82, 2.24) is 4.31 Å². The van der Waals surface area contributed by atoms with Crippen LogP contribution >= 0.6 is 39.1 Å². The number of hydrogen-bond acceptors (Lipinski definition) is 3. The summed E-state index contributed by atoms with van der Waals surface area (Å²) in [6, 6.07) is 2.58. The average Bonchev–Trinajstić information content (AvgIpc) is 2.25. The van der Waals surface area contributed by atoms with Crippen LogP contribution in [0.15, 0.2) is 21.5 Å². The Morgan fingerprint density at radius 3 is 2.20 bits per heavy atom. The minimum absolute atomic E-state index is 0.193. The van der Waals surface area contributed by atoms with Gasteiger partial charge in [-0.05, 0) is 12.1 Å². The van der Waals surface area contributed by atoms with E-state index in [9.17, 15) is 17.2 Å². The Morgan fingerprint density at radius 1 is 1.30 bits per heavy atom. The van der Waals surface area contributed by atoms with Crippen molar-refractivity contribution in [3.63, 3.8) is 0 Å². The molecule has 1 rings (SSSR count). The van der Waals surface area contributed by atoms with E-state index in [4.69, 9.17) is 28.3 Å². The Hall–Kier alpha value is 0.01000. The Bertz CT molecular complexity index is 563. The second kappa shape index (κ2) is 7.33. The Morgan fingerprint density at radius 2 is 1.80 bits per heavy atom. The summed E-state index contributed by atoms with van der Waals surface area (Å²) in [6.07, 6.45) is -2.88. The second-order valence-electron chi connectivity index (χ2n) is 3.68. The quantitative estimate of drug-likeness (QED) is 0.781. The van der Waals surface area contributed by atoms with Crippen molar-refractivity contribution in [3.8, 4) is 0 Å². The standard InChI is InChI=1S/C10H10BrCl2F2NO3S/c11-6-3-7(12)10(8(13)4-6)20(18,19)16(1-2-17)5-9(14)15/h3-4,9,17H,1-2,5H2. The molecule has 10 heteroatoms. The largest absolute Gasteiger partial charge is 0.395 e. The van der Waals surface area contributed by atoms with Crippen LogP contribution in [-0.2, 0) is 10.0 Å². The summed E-state index contributed by atoms with van der Waals surface area (Å²) in [5.74, 6) is 0. The summed E-state index contributed by atoms with van der Waals surface area (Å²) in [7, 11) is -4.33. The van der Waals surface area contributed by atoms with Crippen LogP contribution in [0, 0.1) is 0 Å². The van der Waals surface area contributed by atoms with E-state index < -0.39 is 41.0 Å². The average molecular weight is 413 g/mol. The Kier molecular flexibility index (Phi) is 6.62. The third kappa shape index (κ3) is 4.25. The fourth-order valence-corrected chi connectivity index (χ4v) is 4.77. The summed E-state index contributed by atoms with van der Waals surface area (Å²) >= 11 is 14.7. The van der Waals surface area contributed by atoms with Crippen LogP contribution in [0.2, 0.25) is 10.0 Å². The Labute approximate surface area is 133 Å². The molecule has 0 spiro atoms. The highest BCUT2D eigenvalue weighted by molar-refractivity contribution is 9.10. The van der Waals surface area contributed by atoms with Crippen LogP contribution < -0.4 is 0 Å². The number of rotatable bonds is 6. The lowest BCUT2D eigenvalue weighted by Crippen LogP contribution is -2.37. The van der Waals surface area contributed by atoms with Gasteiger partial charge in [0.05, 0.1) is 23.2 Å². The molecule has 4 nitrogen and oxygen atoms in total. The normalized spacial score (nSPS) is 12.4. The van der Waals surface area contributed by atoms with Crippen molar-refractivity contribution in [2.45, 2.75) is 11.3 Å². The summed E-state index contributed by atoms with van der Waals surface area (Å²) in [5, 5.41) is 8.43. The number of benzene rings is 1. The van der Waals surface area contributed by atoms with Gasteiger partial charge in [-0.1, -0.05) is 39.1 Å². The topological polar surface area (TPSA) is 57.6 Å². The highest BCUT2D eigenvalue weighted by Gasteiger charge is 2.31. The predicted molar refractivity (Wildman–Crippen MR) is 76.0 cm³/mol. The molecule has 1 aromatic carbocycles. The first kappa shape index (κ1) is 18.1. The van der Waals surface area contributed by atoms with Gasteiger partial charge in [-0.3, -0.25) is 0 Å². The van der Waals surface area contributed by atoms with Gasteiger partial charge in [0.1, 0.15) is 4.90 Å². The smallest absolute Gasteiger partial charge is 0.252 e. The van der Waals surface area contributed by atoms with Crippen LogP contribution in [0.5, 0.6) is 0 Å². The van der Waals surface area contributed by atoms with E-state index in [1.165, 1.54) is 12.1 Å². The number of aliphatic hydroxyl groups excluding tert-OH is 1. The van der Waals surface area contributed by atoms with Crippen molar-refractivity contribution < 1.29 is 22.3 Å². The zero-order valence-corrected chi connectivity index (χ0v) is 13.8. The highest BCUT2D eigenvalue weighted by atomic mass is 79.9. The monoisotopic (exact) mass is 411 g/mol. The molecule has 1 aromatic rings. The fraction of sp³-hybridized carbons (Fsp3) is 0.400. The van der Waals surface area contributed by atoms with Crippen LogP contribution in [0.1, 0.15) is 0 Å². The van der Waals surface area contributed by atoms with Crippen molar-refractivity contribution in [3.05, 3.63) is 26.7 Å². The third-order valence-corrected chi connectivity index (χ3v) is 5.50. The van der Waals surface area contributed by atoms with Crippen molar-refractivity contribution in [1.29, 1.82) is 0 Å². The molecule has 0 unspecified atom stereocenters. The van der Waals surface area contributed by atoms with Crippen LogP contribution in [0.4, 0.5) is 8.78 Å².